The number of amides is 2. The van der Waals surface area contributed by atoms with Crippen molar-refractivity contribution >= 4 is 29.7 Å². The molecule has 0 aliphatic carbocycles. The molecule has 0 rings (SSSR count). The highest BCUT2D eigenvalue weighted by Gasteiger charge is 2.24. The minimum atomic E-state index is -0.753. The predicted octanol–water partition coefficient (Wildman–Crippen LogP) is 1.31. The zero-order chi connectivity index (χ0) is 17.2. The van der Waals surface area contributed by atoms with Crippen molar-refractivity contribution < 1.29 is 23.9 Å². The van der Waals surface area contributed by atoms with E-state index in [1.807, 2.05) is 6.26 Å². The molecule has 0 saturated heterocycles. The van der Waals surface area contributed by atoms with Crippen LogP contribution in [-0.4, -0.2) is 54.8 Å². The molecule has 1 atom stereocenters. The van der Waals surface area contributed by atoms with Crippen LogP contribution in [0, 0.1) is 0 Å². The first-order chi connectivity index (χ1) is 10.2. The van der Waals surface area contributed by atoms with Crippen molar-refractivity contribution in [1.82, 2.24) is 10.6 Å². The molecule has 0 saturated carbocycles. The van der Waals surface area contributed by atoms with Gasteiger partial charge in [0.05, 0.1) is 6.61 Å². The minimum Gasteiger partial charge on any atom is -0.465 e. The van der Waals surface area contributed by atoms with Gasteiger partial charge in [0.25, 0.3) is 0 Å². The van der Waals surface area contributed by atoms with Crippen LogP contribution in [0.25, 0.3) is 0 Å². The summed E-state index contributed by atoms with van der Waals surface area (Å²) < 4.78 is 9.86. The number of esters is 1. The summed E-state index contributed by atoms with van der Waals surface area (Å²) in [6.07, 6.45) is 1.68. The molecule has 0 aliphatic heterocycles. The zero-order valence-electron chi connectivity index (χ0n) is 13.9. The molecule has 7 nitrogen and oxygen atoms in total. The SMILES string of the molecule is CCOC(=O)CNC(=O)[C@@H](CCSC)NC(=O)OC(C)(C)C. The van der Waals surface area contributed by atoms with Gasteiger partial charge in [-0.2, -0.15) is 11.8 Å². The van der Waals surface area contributed by atoms with Gasteiger partial charge in [-0.15, -0.1) is 0 Å². The van der Waals surface area contributed by atoms with E-state index in [1.54, 1.807) is 39.5 Å². The Hall–Kier alpha value is -1.44. The molecule has 0 spiro atoms. The second-order valence-electron chi connectivity index (χ2n) is 5.50. The Kier molecular flexibility index (Phi) is 9.64. The summed E-state index contributed by atoms with van der Waals surface area (Å²) in [5.74, 6) is -0.266. The minimum absolute atomic E-state index is 0.224. The van der Waals surface area contributed by atoms with E-state index >= 15 is 0 Å². The molecular formula is C14H26N2O5S. The molecule has 0 aromatic carbocycles. The highest BCUT2D eigenvalue weighted by Crippen LogP contribution is 2.08. The number of carbonyl (C=O) groups is 3. The second-order valence-corrected chi connectivity index (χ2v) is 6.49. The molecule has 0 bridgehead atoms. The maximum atomic E-state index is 12.1. The van der Waals surface area contributed by atoms with E-state index in [-0.39, 0.29) is 13.2 Å². The van der Waals surface area contributed by atoms with Crippen molar-refractivity contribution in [2.45, 2.75) is 45.8 Å². The van der Waals surface area contributed by atoms with Crippen LogP contribution in [0.5, 0.6) is 0 Å². The molecule has 0 fully saturated rings. The molecule has 0 aromatic heterocycles. The van der Waals surface area contributed by atoms with Crippen LogP contribution < -0.4 is 10.6 Å². The number of nitrogens with one attached hydrogen (secondary N) is 2. The lowest BCUT2D eigenvalue weighted by Crippen LogP contribution is -2.49. The van der Waals surface area contributed by atoms with E-state index in [9.17, 15) is 14.4 Å². The summed E-state index contributed by atoms with van der Waals surface area (Å²) in [4.78, 5) is 35.1. The van der Waals surface area contributed by atoms with Gasteiger partial charge in [0.15, 0.2) is 0 Å². The normalized spacial score (nSPS) is 12.2. The van der Waals surface area contributed by atoms with E-state index in [0.29, 0.717) is 12.2 Å². The lowest BCUT2D eigenvalue weighted by molar-refractivity contribution is -0.143. The maximum absolute atomic E-state index is 12.1. The molecule has 0 aliphatic rings. The number of carbonyl (C=O) groups excluding carboxylic acids is 3. The fraction of sp³-hybridized carbons (Fsp3) is 0.786. The molecule has 2 N–H and O–H groups in total. The van der Waals surface area contributed by atoms with E-state index < -0.39 is 29.6 Å². The summed E-state index contributed by atoms with van der Waals surface area (Å²) >= 11 is 1.56. The van der Waals surface area contributed by atoms with Gasteiger partial charge in [0.1, 0.15) is 18.2 Å². The van der Waals surface area contributed by atoms with Crippen molar-refractivity contribution in [3.8, 4) is 0 Å². The molecule has 0 heterocycles. The van der Waals surface area contributed by atoms with Crippen LogP contribution in [0.2, 0.25) is 0 Å². The van der Waals surface area contributed by atoms with Crippen molar-refractivity contribution in [3.05, 3.63) is 0 Å². The quantitative estimate of drug-likeness (QED) is 0.650. The van der Waals surface area contributed by atoms with Gasteiger partial charge in [-0.1, -0.05) is 0 Å². The van der Waals surface area contributed by atoms with Crippen LogP contribution in [0.1, 0.15) is 34.1 Å². The fourth-order valence-electron chi connectivity index (χ4n) is 1.45. The highest BCUT2D eigenvalue weighted by atomic mass is 32.2. The predicted molar refractivity (Wildman–Crippen MR) is 85.8 cm³/mol. The third-order valence-electron chi connectivity index (χ3n) is 2.33. The average Bonchev–Trinajstić information content (AvgIpc) is 2.39. The highest BCUT2D eigenvalue weighted by molar-refractivity contribution is 7.98. The number of thioether (sulfide) groups is 1. The lowest BCUT2D eigenvalue weighted by atomic mass is 10.2. The van der Waals surface area contributed by atoms with Gasteiger partial charge in [-0.3, -0.25) is 9.59 Å². The van der Waals surface area contributed by atoms with Crippen LogP contribution in [0.4, 0.5) is 4.79 Å². The van der Waals surface area contributed by atoms with E-state index in [4.69, 9.17) is 9.47 Å². The molecular weight excluding hydrogens is 308 g/mol. The topological polar surface area (TPSA) is 93.7 Å². The third kappa shape index (κ3) is 10.3. The van der Waals surface area contributed by atoms with E-state index in [2.05, 4.69) is 10.6 Å². The Balaban J connectivity index is 4.51. The summed E-state index contributed by atoms with van der Waals surface area (Å²) in [5, 5.41) is 4.98. The first-order valence-electron chi connectivity index (χ1n) is 7.11. The summed E-state index contributed by atoms with van der Waals surface area (Å²) in [5.41, 5.74) is -0.643. The summed E-state index contributed by atoms with van der Waals surface area (Å²) in [6.45, 7) is 6.93. The molecule has 8 heteroatoms. The van der Waals surface area contributed by atoms with E-state index in [1.165, 1.54) is 0 Å². The Morgan fingerprint density at radius 1 is 1.23 bits per heavy atom. The van der Waals surface area contributed by atoms with Crippen LogP contribution >= 0.6 is 11.8 Å². The Bertz CT molecular complexity index is 382. The number of hydrogen-bond acceptors (Lipinski definition) is 6. The first kappa shape index (κ1) is 20.6. The average molecular weight is 334 g/mol. The van der Waals surface area contributed by atoms with Crippen LogP contribution in [0.3, 0.4) is 0 Å². The number of alkyl carbamates (subject to hydrolysis) is 1. The third-order valence-corrected chi connectivity index (χ3v) is 2.97. The second kappa shape index (κ2) is 10.3. The molecule has 0 aromatic rings. The lowest BCUT2D eigenvalue weighted by Gasteiger charge is -2.23. The van der Waals surface area contributed by atoms with Gasteiger partial charge in [-0.25, -0.2) is 4.79 Å². The largest absolute Gasteiger partial charge is 0.465 e. The van der Waals surface area contributed by atoms with Gasteiger partial charge >= 0.3 is 12.1 Å². The van der Waals surface area contributed by atoms with Crippen molar-refractivity contribution in [1.29, 1.82) is 0 Å². The van der Waals surface area contributed by atoms with Crippen molar-refractivity contribution in [2.75, 3.05) is 25.2 Å². The standard InChI is InChI=1S/C14H26N2O5S/c1-6-20-11(17)9-15-12(18)10(7-8-22-5)16-13(19)21-14(2,3)4/h10H,6-9H2,1-5H3,(H,15,18)(H,16,19)/t10-/m1/s1. The number of ether oxygens (including phenoxy) is 2. The number of hydrogen-bond donors (Lipinski definition) is 2. The Morgan fingerprint density at radius 2 is 1.86 bits per heavy atom. The van der Waals surface area contributed by atoms with Gasteiger partial charge < -0.3 is 20.1 Å². The summed E-state index contributed by atoms with van der Waals surface area (Å²) in [7, 11) is 0. The molecule has 22 heavy (non-hydrogen) atoms. The first-order valence-corrected chi connectivity index (χ1v) is 8.50. The van der Waals surface area contributed by atoms with Crippen LogP contribution in [0.15, 0.2) is 0 Å². The van der Waals surface area contributed by atoms with Crippen LogP contribution in [-0.2, 0) is 19.1 Å². The fourth-order valence-corrected chi connectivity index (χ4v) is 1.92. The Morgan fingerprint density at radius 3 is 2.36 bits per heavy atom. The molecule has 0 radical (unpaired) electrons. The maximum Gasteiger partial charge on any atom is 0.408 e. The summed E-state index contributed by atoms with van der Waals surface area (Å²) in [6, 6.07) is -0.753. The van der Waals surface area contributed by atoms with Gasteiger partial charge in [-0.05, 0) is 46.1 Å². The Labute approximate surface area is 135 Å². The zero-order valence-corrected chi connectivity index (χ0v) is 14.7. The molecule has 2 amide bonds. The van der Waals surface area contributed by atoms with Gasteiger partial charge in [0.2, 0.25) is 5.91 Å². The van der Waals surface area contributed by atoms with E-state index in [0.717, 1.165) is 0 Å². The van der Waals surface area contributed by atoms with Crippen molar-refractivity contribution in [2.24, 2.45) is 0 Å². The van der Waals surface area contributed by atoms with Gasteiger partial charge in [0, 0.05) is 0 Å². The smallest absolute Gasteiger partial charge is 0.408 e. The van der Waals surface area contributed by atoms with Crippen molar-refractivity contribution in [3.63, 3.8) is 0 Å². The number of rotatable bonds is 8. The molecule has 0 unspecified atom stereocenters. The molecule has 128 valence electrons. The monoisotopic (exact) mass is 334 g/mol.